The standard InChI is InChI=1S/C29H30ClN3O2/c1-20-15-27(32-33(20)18-21-7-6-10-25(30)17-21)31-28(34)23-9-5-8-22(16-23)19-35-26-13-11-24(12-14-26)29(2,3)4/h5-17H,18-19H2,1-4H3,(H,31,32,34). The summed E-state index contributed by atoms with van der Waals surface area (Å²) in [7, 11) is 0. The third-order valence-corrected chi connectivity index (χ3v) is 5.99. The molecule has 0 atom stereocenters. The van der Waals surface area contributed by atoms with Crippen LogP contribution in [0.1, 0.15) is 53.5 Å². The highest BCUT2D eigenvalue weighted by atomic mass is 35.5. The number of aromatic nitrogens is 2. The van der Waals surface area contributed by atoms with Crippen LogP contribution in [-0.2, 0) is 18.6 Å². The number of carbonyl (C=O) groups is 1. The fourth-order valence-electron chi connectivity index (χ4n) is 3.75. The zero-order valence-corrected chi connectivity index (χ0v) is 21.3. The van der Waals surface area contributed by atoms with Gasteiger partial charge in [-0.1, -0.05) is 68.8 Å². The van der Waals surface area contributed by atoms with E-state index in [1.165, 1.54) is 5.56 Å². The molecule has 0 saturated heterocycles. The molecule has 1 amide bonds. The lowest BCUT2D eigenvalue weighted by Crippen LogP contribution is -2.13. The smallest absolute Gasteiger partial charge is 0.256 e. The molecule has 0 radical (unpaired) electrons. The van der Waals surface area contributed by atoms with Gasteiger partial charge in [0.15, 0.2) is 5.82 Å². The van der Waals surface area contributed by atoms with E-state index in [0.717, 1.165) is 22.6 Å². The summed E-state index contributed by atoms with van der Waals surface area (Å²) in [4.78, 5) is 12.9. The minimum Gasteiger partial charge on any atom is -0.489 e. The highest BCUT2D eigenvalue weighted by Crippen LogP contribution is 2.25. The first-order valence-corrected chi connectivity index (χ1v) is 12.0. The fourth-order valence-corrected chi connectivity index (χ4v) is 3.96. The molecule has 5 nitrogen and oxygen atoms in total. The Morgan fingerprint density at radius 3 is 2.40 bits per heavy atom. The van der Waals surface area contributed by atoms with Crippen molar-refractivity contribution < 1.29 is 9.53 Å². The van der Waals surface area contributed by atoms with E-state index in [9.17, 15) is 4.79 Å². The number of hydrogen-bond donors (Lipinski definition) is 1. The van der Waals surface area contributed by atoms with E-state index in [-0.39, 0.29) is 11.3 Å². The van der Waals surface area contributed by atoms with Crippen molar-refractivity contribution in [2.45, 2.75) is 46.3 Å². The zero-order valence-electron chi connectivity index (χ0n) is 20.5. The number of anilines is 1. The molecule has 3 aromatic carbocycles. The van der Waals surface area contributed by atoms with Crippen LogP contribution in [0.15, 0.2) is 78.9 Å². The number of hydrogen-bond acceptors (Lipinski definition) is 3. The van der Waals surface area contributed by atoms with E-state index in [4.69, 9.17) is 16.3 Å². The Bertz CT molecular complexity index is 1320. The third kappa shape index (κ3) is 6.52. The quantitative estimate of drug-likeness (QED) is 0.304. The number of halogens is 1. The first kappa shape index (κ1) is 24.6. The third-order valence-electron chi connectivity index (χ3n) is 5.76. The molecule has 4 rings (SSSR count). The molecule has 0 bridgehead atoms. The molecule has 1 heterocycles. The molecular weight excluding hydrogens is 458 g/mol. The maximum absolute atomic E-state index is 12.9. The largest absolute Gasteiger partial charge is 0.489 e. The van der Waals surface area contributed by atoms with Gasteiger partial charge in [-0.05, 0) is 65.4 Å². The van der Waals surface area contributed by atoms with E-state index < -0.39 is 0 Å². The van der Waals surface area contributed by atoms with Crippen LogP contribution < -0.4 is 10.1 Å². The number of ether oxygens (including phenoxy) is 1. The summed E-state index contributed by atoms with van der Waals surface area (Å²) in [6, 6.07) is 25.1. The van der Waals surface area contributed by atoms with E-state index >= 15 is 0 Å². The number of amides is 1. The van der Waals surface area contributed by atoms with Crippen LogP contribution in [0.5, 0.6) is 5.75 Å². The Morgan fingerprint density at radius 2 is 1.69 bits per heavy atom. The average Bonchev–Trinajstić information content (AvgIpc) is 3.16. The lowest BCUT2D eigenvalue weighted by atomic mass is 9.87. The van der Waals surface area contributed by atoms with Gasteiger partial charge < -0.3 is 10.1 Å². The van der Waals surface area contributed by atoms with Gasteiger partial charge in [-0.2, -0.15) is 5.10 Å². The molecule has 0 saturated carbocycles. The number of nitrogens with one attached hydrogen (secondary N) is 1. The van der Waals surface area contributed by atoms with E-state index in [0.29, 0.717) is 29.6 Å². The predicted octanol–water partition coefficient (Wildman–Crippen LogP) is 7.02. The van der Waals surface area contributed by atoms with Gasteiger partial charge >= 0.3 is 0 Å². The Morgan fingerprint density at radius 1 is 0.971 bits per heavy atom. The molecule has 35 heavy (non-hydrogen) atoms. The molecular formula is C29H30ClN3O2. The van der Waals surface area contributed by atoms with Gasteiger partial charge in [-0.15, -0.1) is 0 Å². The number of benzene rings is 3. The molecule has 0 aliphatic rings. The normalized spacial score (nSPS) is 11.3. The lowest BCUT2D eigenvalue weighted by Gasteiger charge is -2.19. The van der Waals surface area contributed by atoms with Gasteiger partial charge in [0.05, 0.1) is 6.54 Å². The zero-order chi connectivity index (χ0) is 25.0. The van der Waals surface area contributed by atoms with Crippen molar-refractivity contribution in [3.63, 3.8) is 0 Å². The fraction of sp³-hybridized carbons (Fsp3) is 0.241. The SMILES string of the molecule is Cc1cc(NC(=O)c2cccc(COc3ccc(C(C)(C)C)cc3)c2)nn1Cc1cccc(Cl)c1. The van der Waals surface area contributed by atoms with Crippen molar-refractivity contribution in [2.75, 3.05) is 5.32 Å². The predicted molar refractivity (Wildman–Crippen MR) is 141 cm³/mol. The highest BCUT2D eigenvalue weighted by molar-refractivity contribution is 6.30. The molecule has 0 aliphatic heterocycles. The van der Waals surface area contributed by atoms with Gasteiger partial charge in [0.2, 0.25) is 0 Å². The molecule has 6 heteroatoms. The van der Waals surface area contributed by atoms with E-state index in [1.54, 1.807) is 6.07 Å². The van der Waals surface area contributed by atoms with Crippen LogP contribution >= 0.6 is 11.6 Å². The van der Waals surface area contributed by atoms with Gasteiger partial charge in [0, 0.05) is 22.3 Å². The molecule has 0 aliphatic carbocycles. The van der Waals surface area contributed by atoms with Gasteiger partial charge in [0.25, 0.3) is 5.91 Å². The minimum absolute atomic E-state index is 0.101. The van der Waals surface area contributed by atoms with Crippen molar-refractivity contribution in [2.24, 2.45) is 0 Å². The first-order chi connectivity index (χ1) is 16.7. The minimum atomic E-state index is -0.214. The van der Waals surface area contributed by atoms with Gasteiger partial charge in [0.1, 0.15) is 12.4 Å². The topological polar surface area (TPSA) is 56.1 Å². The van der Waals surface area contributed by atoms with Crippen molar-refractivity contribution >= 4 is 23.3 Å². The van der Waals surface area contributed by atoms with Crippen molar-refractivity contribution in [3.05, 3.63) is 112 Å². The first-order valence-electron chi connectivity index (χ1n) is 11.6. The van der Waals surface area contributed by atoms with Crippen LogP contribution in [-0.4, -0.2) is 15.7 Å². The summed E-state index contributed by atoms with van der Waals surface area (Å²) in [5, 5.41) is 8.13. The number of rotatable bonds is 7. The summed E-state index contributed by atoms with van der Waals surface area (Å²) in [5.74, 6) is 1.09. The summed E-state index contributed by atoms with van der Waals surface area (Å²) >= 11 is 6.09. The van der Waals surface area contributed by atoms with E-state index in [1.807, 2.05) is 72.3 Å². The summed E-state index contributed by atoms with van der Waals surface area (Å²) < 4.78 is 7.78. The number of aryl methyl sites for hydroxylation is 1. The summed E-state index contributed by atoms with van der Waals surface area (Å²) in [6.07, 6.45) is 0. The molecule has 4 aromatic rings. The molecule has 0 spiro atoms. The number of carbonyl (C=O) groups excluding carboxylic acids is 1. The second kappa shape index (κ2) is 10.4. The molecule has 0 fully saturated rings. The Labute approximate surface area is 211 Å². The van der Waals surface area contributed by atoms with Crippen LogP contribution in [0.4, 0.5) is 5.82 Å². The van der Waals surface area contributed by atoms with Gasteiger partial charge in [-0.3, -0.25) is 9.48 Å². The Balaban J connectivity index is 1.38. The highest BCUT2D eigenvalue weighted by Gasteiger charge is 2.14. The second-order valence-corrected chi connectivity index (χ2v) is 10.1. The lowest BCUT2D eigenvalue weighted by molar-refractivity contribution is 0.102. The summed E-state index contributed by atoms with van der Waals surface area (Å²) in [5.41, 5.74) is 4.82. The Hall–Kier alpha value is -3.57. The Kier molecular flexibility index (Phi) is 7.27. The van der Waals surface area contributed by atoms with Crippen LogP contribution in [0.2, 0.25) is 5.02 Å². The van der Waals surface area contributed by atoms with Crippen LogP contribution in [0, 0.1) is 6.92 Å². The molecule has 180 valence electrons. The second-order valence-electron chi connectivity index (χ2n) is 9.68. The van der Waals surface area contributed by atoms with Crippen molar-refractivity contribution in [1.29, 1.82) is 0 Å². The molecule has 1 aromatic heterocycles. The van der Waals surface area contributed by atoms with Crippen molar-refractivity contribution in [3.8, 4) is 5.75 Å². The maximum Gasteiger partial charge on any atom is 0.256 e. The van der Waals surface area contributed by atoms with Crippen molar-refractivity contribution in [1.82, 2.24) is 9.78 Å². The average molecular weight is 488 g/mol. The monoisotopic (exact) mass is 487 g/mol. The number of nitrogens with zero attached hydrogens (tertiary/aromatic N) is 2. The molecule has 0 unspecified atom stereocenters. The summed E-state index contributed by atoms with van der Waals surface area (Å²) in [6.45, 7) is 9.47. The van der Waals surface area contributed by atoms with Crippen LogP contribution in [0.25, 0.3) is 0 Å². The maximum atomic E-state index is 12.9. The van der Waals surface area contributed by atoms with Crippen LogP contribution in [0.3, 0.4) is 0 Å². The molecule has 1 N–H and O–H groups in total. The van der Waals surface area contributed by atoms with Gasteiger partial charge in [-0.25, -0.2) is 0 Å². The van der Waals surface area contributed by atoms with E-state index in [2.05, 4.69) is 43.3 Å².